The second kappa shape index (κ2) is 4.30. The molecule has 1 heterocycles. The van der Waals surface area contributed by atoms with Gasteiger partial charge in [-0.25, -0.2) is 9.97 Å². The lowest BCUT2D eigenvalue weighted by Gasteiger charge is -2.37. The fourth-order valence-electron chi connectivity index (χ4n) is 4.12. The van der Waals surface area contributed by atoms with E-state index in [9.17, 15) is 0 Å². The Morgan fingerprint density at radius 2 is 1.90 bits per heavy atom. The van der Waals surface area contributed by atoms with E-state index in [4.69, 9.17) is 0 Å². The molecule has 1 aromatic carbocycles. The summed E-state index contributed by atoms with van der Waals surface area (Å²) in [5.74, 6) is 1.02. The van der Waals surface area contributed by atoms with Gasteiger partial charge in [-0.05, 0) is 24.8 Å². The van der Waals surface area contributed by atoms with E-state index in [-0.39, 0.29) is 5.41 Å². The number of nitrogens with zero attached hydrogens (tertiary/aromatic N) is 2. The summed E-state index contributed by atoms with van der Waals surface area (Å²) < 4.78 is 0. The molecule has 2 aromatic rings. The molecule has 3 heteroatoms. The maximum absolute atomic E-state index is 4.64. The molecule has 0 atom stereocenters. The SMILES string of the molecule is CNc1ncnc2c1C1(CCCC1)Cc1ccccc1-2. The summed E-state index contributed by atoms with van der Waals surface area (Å²) in [6, 6.07) is 8.71. The molecular formula is C17H19N3. The minimum Gasteiger partial charge on any atom is -0.373 e. The van der Waals surface area contributed by atoms with Gasteiger partial charge >= 0.3 is 0 Å². The molecule has 102 valence electrons. The minimum atomic E-state index is 0.253. The Balaban J connectivity index is 2.03. The molecule has 0 bridgehead atoms. The Hall–Kier alpha value is -1.90. The molecule has 1 N–H and O–H groups in total. The van der Waals surface area contributed by atoms with E-state index >= 15 is 0 Å². The normalized spacial score (nSPS) is 18.6. The molecule has 0 saturated heterocycles. The van der Waals surface area contributed by atoms with Crippen LogP contribution in [-0.2, 0) is 11.8 Å². The summed E-state index contributed by atoms with van der Waals surface area (Å²) in [6.07, 6.45) is 7.99. The van der Waals surface area contributed by atoms with Gasteiger partial charge in [0.05, 0.1) is 5.69 Å². The van der Waals surface area contributed by atoms with Crippen molar-refractivity contribution in [3.8, 4) is 11.3 Å². The van der Waals surface area contributed by atoms with Crippen LogP contribution in [0.4, 0.5) is 5.82 Å². The largest absolute Gasteiger partial charge is 0.373 e. The standard InChI is InChI=1S/C17H19N3/c1-18-16-14-15(19-11-20-16)13-7-3-2-6-12(13)10-17(14)8-4-5-9-17/h2-3,6-7,11H,4-5,8-10H2,1H3,(H,18,19,20). The fraction of sp³-hybridized carbons (Fsp3) is 0.412. The molecule has 20 heavy (non-hydrogen) atoms. The summed E-state index contributed by atoms with van der Waals surface area (Å²) >= 11 is 0. The van der Waals surface area contributed by atoms with Crippen LogP contribution in [0, 0.1) is 0 Å². The minimum absolute atomic E-state index is 0.253. The molecule has 0 unspecified atom stereocenters. The zero-order valence-corrected chi connectivity index (χ0v) is 11.8. The van der Waals surface area contributed by atoms with Gasteiger partial charge in [-0.2, -0.15) is 0 Å². The number of hydrogen-bond donors (Lipinski definition) is 1. The average molecular weight is 265 g/mol. The second-order valence-corrected chi connectivity index (χ2v) is 6.02. The highest BCUT2D eigenvalue weighted by Crippen LogP contribution is 2.52. The van der Waals surface area contributed by atoms with Gasteiger partial charge in [0.1, 0.15) is 12.1 Å². The van der Waals surface area contributed by atoms with E-state index in [0.29, 0.717) is 0 Å². The lowest BCUT2D eigenvalue weighted by molar-refractivity contribution is 0.432. The van der Waals surface area contributed by atoms with Gasteiger partial charge < -0.3 is 5.32 Å². The van der Waals surface area contributed by atoms with E-state index in [2.05, 4.69) is 39.6 Å². The van der Waals surface area contributed by atoms with Gasteiger partial charge in [0.15, 0.2) is 0 Å². The maximum atomic E-state index is 4.64. The predicted molar refractivity (Wildman–Crippen MR) is 80.9 cm³/mol. The summed E-state index contributed by atoms with van der Waals surface area (Å²) in [7, 11) is 1.96. The van der Waals surface area contributed by atoms with Crippen molar-refractivity contribution in [3.63, 3.8) is 0 Å². The second-order valence-electron chi connectivity index (χ2n) is 6.02. The first-order valence-corrected chi connectivity index (χ1v) is 7.46. The van der Waals surface area contributed by atoms with E-state index in [1.165, 1.54) is 42.4 Å². The van der Waals surface area contributed by atoms with Crippen molar-refractivity contribution in [2.75, 3.05) is 12.4 Å². The third kappa shape index (κ3) is 1.52. The average Bonchev–Trinajstić information content (AvgIpc) is 2.96. The number of benzene rings is 1. The number of nitrogens with one attached hydrogen (secondary N) is 1. The third-order valence-electron chi connectivity index (χ3n) is 4.98. The first kappa shape index (κ1) is 11.9. The molecule has 0 amide bonds. The topological polar surface area (TPSA) is 37.8 Å². The van der Waals surface area contributed by atoms with Gasteiger partial charge in [0.2, 0.25) is 0 Å². The Labute approximate surface area is 119 Å². The molecule has 1 saturated carbocycles. The number of aromatic nitrogens is 2. The van der Waals surface area contributed by atoms with Gasteiger partial charge in [0.25, 0.3) is 0 Å². The van der Waals surface area contributed by atoms with Gasteiger partial charge in [-0.15, -0.1) is 0 Å². The van der Waals surface area contributed by atoms with Crippen molar-refractivity contribution in [2.24, 2.45) is 0 Å². The van der Waals surface area contributed by atoms with E-state index < -0.39 is 0 Å². The van der Waals surface area contributed by atoms with Crippen molar-refractivity contribution in [1.29, 1.82) is 0 Å². The number of fused-ring (bicyclic) bond motifs is 4. The Bertz CT molecular complexity index is 657. The summed E-state index contributed by atoms with van der Waals surface area (Å²) in [5, 5.41) is 3.29. The third-order valence-corrected chi connectivity index (χ3v) is 4.98. The van der Waals surface area contributed by atoms with Crippen LogP contribution in [0.3, 0.4) is 0 Å². The zero-order chi connectivity index (χ0) is 13.6. The molecular weight excluding hydrogens is 246 g/mol. The van der Waals surface area contributed by atoms with Gasteiger partial charge in [0, 0.05) is 23.6 Å². The highest BCUT2D eigenvalue weighted by molar-refractivity contribution is 5.76. The smallest absolute Gasteiger partial charge is 0.133 e. The Morgan fingerprint density at radius 3 is 2.70 bits per heavy atom. The molecule has 1 fully saturated rings. The van der Waals surface area contributed by atoms with Crippen LogP contribution in [0.1, 0.15) is 36.8 Å². The van der Waals surface area contributed by atoms with E-state index in [1.807, 2.05) is 7.05 Å². The summed E-state index contributed by atoms with van der Waals surface area (Å²) in [5.41, 5.74) is 5.50. The first-order valence-electron chi connectivity index (χ1n) is 7.46. The lowest BCUT2D eigenvalue weighted by Crippen LogP contribution is -2.31. The van der Waals surface area contributed by atoms with Crippen LogP contribution in [0.15, 0.2) is 30.6 Å². The molecule has 0 radical (unpaired) electrons. The highest BCUT2D eigenvalue weighted by atomic mass is 15.0. The molecule has 1 aromatic heterocycles. The van der Waals surface area contributed by atoms with Crippen molar-refractivity contribution in [3.05, 3.63) is 41.7 Å². The lowest BCUT2D eigenvalue weighted by atomic mass is 9.68. The molecule has 3 nitrogen and oxygen atoms in total. The van der Waals surface area contributed by atoms with Crippen LogP contribution in [0.5, 0.6) is 0 Å². The van der Waals surface area contributed by atoms with Crippen molar-refractivity contribution < 1.29 is 0 Å². The zero-order valence-electron chi connectivity index (χ0n) is 11.8. The first-order chi connectivity index (χ1) is 9.84. The van der Waals surface area contributed by atoms with Crippen LogP contribution in [-0.4, -0.2) is 17.0 Å². The van der Waals surface area contributed by atoms with Crippen molar-refractivity contribution >= 4 is 5.82 Å². The van der Waals surface area contributed by atoms with E-state index in [0.717, 1.165) is 17.9 Å². The van der Waals surface area contributed by atoms with Crippen LogP contribution in [0.25, 0.3) is 11.3 Å². The van der Waals surface area contributed by atoms with Gasteiger partial charge in [-0.3, -0.25) is 0 Å². The van der Waals surface area contributed by atoms with Gasteiger partial charge in [-0.1, -0.05) is 37.1 Å². The number of anilines is 1. The molecule has 1 spiro atoms. The number of rotatable bonds is 1. The van der Waals surface area contributed by atoms with E-state index in [1.54, 1.807) is 6.33 Å². The monoisotopic (exact) mass is 265 g/mol. The predicted octanol–water partition coefficient (Wildman–Crippen LogP) is 3.55. The molecule has 2 aliphatic carbocycles. The van der Waals surface area contributed by atoms with Crippen LogP contribution in [0.2, 0.25) is 0 Å². The van der Waals surface area contributed by atoms with Crippen molar-refractivity contribution in [2.45, 2.75) is 37.5 Å². The maximum Gasteiger partial charge on any atom is 0.133 e. The van der Waals surface area contributed by atoms with Crippen LogP contribution >= 0.6 is 0 Å². The fourth-order valence-corrected chi connectivity index (χ4v) is 4.12. The number of hydrogen-bond acceptors (Lipinski definition) is 3. The summed E-state index contributed by atoms with van der Waals surface area (Å²) in [4.78, 5) is 9.12. The van der Waals surface area contributed by atoms with Crippen LogP contribution < -0.4 is 5.32 Å². The molecule has 4 rings (SSSR count). The van der Waals surface area contributed by atoms with Crippen molar-refractivity contribution in [1.82, 2.24) is 9.97 Å². The quantitative estimate of drug-likeness (QED) is 0.856. The summed E-state index contributed by atoms with van der Waals surface area (Å²) in [6.45, 7) is 0. The Kier molecular flexibility index (Phi) is 2.56. The highest BCUT2D eigenvalue weighted by Gasteiger charge is 2.43. The molecule has 2 aliphatic rings. The molecule has 0 aliphatic heterocycles. The Morgan fingerprint density at radius 1 is 1.10 bits per heavy atom.